The fraction of sp³-hybridized carbons (Fsp3) is 0.0500. The van der Waals surface area contributed by atoms with Gasteiger partial charge >= 0.3 is 0 Å². The van der Waals surface area contributed by atoms with Gasteiger partial charge in [0, 0.05) is 11.8 Å². The molecule has 0 aliphatic carbocycles. The van der Waals surface area contributed by atoms with Gasteiger partial charge in [-0.1, -0.05) is 66.2 Å². The number of carbonyl (C=O) groups is 1. The molecule has 0 aliphatic heterocycles. The Kier molecular flexibility index (Phi) is 5.16. The van der Waals surface area contributed by atoms with Crippen molar-refractivity contribution < 1.29 is 4.79 Å². The molecule has 0 saturated carbocycles. The third-order valence-corrected chi connectivity index (χ3v) is 3.58. The number of amides is 1. The minimum absolute atomic E-state index is 0.338. The molecule has 5 heteroatoms. The number of hydrogen-bond acceptors (Lipinski definition) is 3. The Labute approximate surface area is 146 Å². The Balaban J connectivity index is 1.57. The van der Waals surface area contributed by atoms with Gasteiger partial charge in [-0.25, -0.2) is 5.43 Å². The molecule has 1 aromatic heterocycles. The third-order valence-electron chi connectivity index (χ3n) is 3.58. The van der Waals surface area contributed by atoms with Crippen LogP contribution in [0.4, 0.5) is 0 Å². The van der Waals surface area contributed by atoms with Crippen molar-refractivity contribution >= 4 is 18.2 Å². The van der Waals surface area contributed by atoms with Crippen molar-refractivity contribution in [1.29, 1.82) is 0 Å². The highest BCUT2D eigenvalue weighted by molar-refractivity contribution is 5.93. The highest BCUT2D eigenvalue weighted by Crippen LogP contribution is 2.18. The van der Waals surface area contributed by atoms with E-state index < -0.39 is 0 Å². The lowest BCUT2D eigenvalue weighted by Crippen LogP contribution is -2.17. The number of hydrogen-bond donors (Lipinski definition) is 2. The first kappa shape index (κ1) is 16.4. The maximum Gasteiger partial charge on any atom is 0.289 e. The number of aryl methyl sites for hydroxylation is 1. The lowest BCUT2D eigenvalue weighted by molar-refractivity contribution is 0.0950. The van der Waals surface area contributed by atoms with Gasteiger partial charge in [0.05, 0.1) is 5.69 Å². The number of hydrazone groups is 1. The van der Waals surface area contributed by atoms with Gasteiger partial charge in [0.25, 0.3) is 5.91 Å². The quantitative estimate of drug-likeness (QED) is 0.551. The summed E-state index contributed by atoms with van der Waals surface area (Å²) in [6.45, 7) is 2.03. The minimum Gasteiger partial charge on any atom is -0.272 e. The zero-order valence-electron chi connectivity index (χ0n) is 13.8. The van der Waals surface area contributed by atoms with E-state index in [0.717, 1.165) is 16.8 Å². The van der Waals surface area contributed by atoms with Crippen LogP contribution in [-0.2, 0) is 0 Å². The molecule has 0 bridgehead atoms. The first-order valence-corrected chi connectivity index (χ1v) is 7.90. The van der Waals surface area contributed by atoms with E-state index in [-0.39, 0.29) is 5.91 Å². The van der Waals surface area contributed by atoms with Crippen molar-refractivity contribution in [2.75, 3.05) is 0 Å². The van der Waals surface area contributed by atoms with E-state index in [1.165, 1.54) is 11.8 Å². The average Bonchev–Trinajstić information content (AvgIpc) is 3.13. The second-order valence-corrected chi connectivity index (χ2v) is 5.52. The lowest BCUT2D eigenvalue weighted by atomic mass is 10.1. The number of nitrogens with one attached hydrogen (secondary N) is 2. The summed E-state index contributed by atoms with van der Waals surface area (Å²) >= 11 is 0. The van der Waals surface area contributed by atoms with Gasteiger partial charge in [0.2, 0.25) is 0 Å². The second-order valence-electron chi connectivity index (χ2n) is 5.52. The van der Waals surface area contributed by atoms with Crippen LogP contribution in [0.2, 0.25) is 0 Å². The molecule has 0 unspecified atom stereocenters. The highest BCUT2D eigenvalue weighted by Gasteiger charge is 2.09. The zero-order valence-corrected chi connectivity index (χ0v) is 13.8. The Morgan fingerprint density at radius 2 is 1.88 bits per heavy atom. The first-order chi connectivity index (χ1) is 12.2. The Bertz CT molecular complexity index is 893. The summed E-state index contributed by atoms with van der Waals surface area (Å²) in [5.41, 5.74) is 6.74. The number of aromatic nitrogens is 2. The van der Waals surface area contributed by atoms with Gasteiger partial charge in [0.1, 0.15) is 5.69 Å². The molecule has 2 N–H and O–H groups in total. The topological polar surface area (TPSA) is 70.1 Å². The van der Waals surface area contributed by atoms with E-state index in [1.807, 2.05) is 67.6 Å². The largest absolute Gasteiger partial charge is 0.289 e. The van der Waals surface area contributed by atoms with Gasteiger partial charge in [-0.15, -0.1) is 0 Å². The maximum absolute atomic E-state index is 12.1. The molecule has 2 aromatic carbocycles. The summed E-state index contributed by atoms with van der Waals surface area (Å²) < 4.78 is 0. The standard InChI is InChI=1S/C20H18N4O/c1-15-9-11-17(12-10-15)18-14-19(23-22-18)20(25)24-21-13-5-8-16-6-3-2-4-7-16/h2-14H,1H3,(H,22,23)(H,24,25)/b8-5+,21-13+. The summed E-state index contributed by atoms with van der Waals surface area (Å²) in [5, 5.41) is 10.8. The van der Waals surface area contributed by atoms with Gasteiger partial charge in [0.15, 0.2) is 0 Å². The predicted molar refractivity (Wildman–Crippen MR) is 100 cm³/mol. The molecule has 0 aliphatic rings. The molecule has 0 atom stereocenters. The summed E-state index contributed by atoms with van der Waals surface area (Å²) in [6, 6.07) is 19.5. The van der Waals surface area contributed by atoms with Gasteiger partial charge in [-0.3, -0.25) is 9.89 Å². The Hall–Kier alpha value is -3.47. The fourth-order valence-corrected chi connectivity index (χ4v) is 2.23. The molecule has 0 radical (unpaired) electrons. The first-order valence-electron chi connectivity index (χ1n) is 7.90. The average molecular weight is 330 g/mol. The highest BCUT2D eigenvalue weighted by atomic mass is 16.2. The van der Waals surface area contributed by atoms with E-state index in [2.05, 4.69) is 20.7 Å². The van der Waals surface area contributed by atoms with E-state index >= 15 is 0 Å². The van der Waals surface area contributed by atoms with Crippen LogP contribution in [0.25, 0.3) is 17.3 Å². The number of aromatic amines is 1. The van der Waals surface area contributed by atoms with Gasteiger partial charge in [-0.2, -0.15) is 10.2 Å². The van der Waals surface area contributed by atoms with Crippen molar-refractivity contribution in [3.8, 4) is 11.3 Å². The number of allylic oxidation sites excluding steroid dienone is 1. The normalized spacial score (nSPS) is 11.2. The van der Waals surface area contributed by atoms with E-state index in [0.29, 0.717) is 5.69 Å². The molecule has 0 saturated heterocycles. The van der Waals surface area contributed by atoms with Crippen LogP contribution in [0.5, 0.6) is 0 Å². The molecule has 1 heterocycles. The number of rotatable bonds is 5. The SMILES string of the molecule is Cc1ccc(-c2cc(C(=O)N/N=C/C=C/c3ccccc3)[nH]n2)cc1. The zero-order chi connectivity index (χ0) is 17.5. The fourth-order valence-electron chi connectivity index (χ4n) is 2.23. The Morgan fingerprint density at radius 1 is 1.12 bits per heavy atom. The van der Waals surface area contributed by atoms with Crippen molar-refractivity contribution in [3.05, 3.63) is 83.6 Å². The molecule has 25 heavy (non-hydrogen) atoms. The van der Waals surface area contributed by atoms with Gasteiger partial charge < -0.3 is 0 Å². The third kappa shape index (κ3) is 4.51. The van der Waals surface area contributed by atoms with Crippen molar-refractivity contribution in [1.82, 2.24) is 15.6 Å². The summed E-state index contributed by atoms with van der Waals surface area (Å²) in [4.78, 5) is 12.1. The van der Waals surface area contributed by atoms with Crippen LogP contribution in [0.1, 0.15) is 21.6 Å². The number of H-pyrrole nitrogens is 1. The smallest absolute Gasteiger partial charge is 0.272 e. The molecule has 0 spiro atoms. The van der Waals surface area contributed by atoms with Crippen LogP contribution >= 0.6 is 0 Å². The molecule has 0 fully saturated rings. The second kappa shape index (κ2) is 7.88. The molecular formula is C20H18N4O. The van der Waals surface area contributed by atoms with Crippen molar-refractivity contribution in [3.63, 3.8) is 0 Å². The molecule has 5 nitrogen and oxygen atoms in total. The van der Waals surface area contributed by atoms with Crippen LogP contribution < -0.4 is 5.43 Å². The van der Waals surface area contributed by atoms with Crippen LogP contribution in [0.3, 0.4) is 0 Å². The number of benzene rings is 2. The van der Waals surface area contributed by atoms with Crippen molar-refractivity contribution in [2.45, 2.75) is 6.92 Å². The monoisotopic (exact) mass is 330 g/mol. The molecule has 124 valence electrons. The summed E-state index contributed by atoms with van der Waals surface area (Å²) in [5.74, 6) is -0.338. The van der Waals surface area contributed by atoms with Crippen LogP contribution in [-0.4, -0.2) is 22.3 Å². The summed E-state index contributed by atoms with van der Waals surface area (Å²) in [6.07, 6.45) is 5.20. The van der Waals surface area contributed by atoms with Crippen LogP contribution in [0, 0.1) is 6.92 Å². The van der Waals surface area contributed by atoms with E-state index in [4.69, 9.17) is 0 Å². The molecular weight excluding hydrogens is 312 g/mol. The van der Waals surface area contributed by atoms with E-state index in [1.54, 1.807) is 12.1 Å². The number of nitrogens with zero attached hydrogens (tertiary/aromatic N) is 2. The molecule has 3 rings (SSSR count). The van der Waals surface area contributed by atoms with Gasteiger partial charge in [-0.05, 0) is 24.6 Å². The lowest BCUT2D eigenvalue weighted by Gasteiger charge is -1.96. The Morgan fingerprint density at radius 3 is 2.64 bits per heavy atom. The summed E-state index contributed by atoms with van der Waals surface area (Å²) in [7, 11) is 0. The minimum atomic E-state index is -0.338. The molecule has 3 aromatic rings. The van der Waals surface area contributed by atoms with E-state index in [9.17, 15) is 4.79 Å². The molecule has 1 amide bonds. The maximum atomic E-state index is 12.1. The number of carbonyl (C=O) groups excluding carboxylic acids is 1. The van der Waals surface area contributed by atoms with Crippen molar-refractivity contribution in [2.24, 2.45) is 5.10 Å². The van der Waals surface area contributed by atoms with Crippen LogP contribution in [0.15, 0.2) is 71.8 Å². The predicted octanol–water partition coefficient (Wildman–Crippen LogP) is 3.81.